The minimum Gasteiger partial charge on any atom is -0.462 e. The quantitative estimate of drug-likeness (QED) is 0.590. The first-order valence-electron chi connectivity index (χ1n) is 7.80. The molecule has 26 heavy (non-hydrogen) atoms. The van der Waals surface area contributed by atoms with Crippen LogP contribution in [0.3, 0.4) is 0 Å². The zero-order valence-corrected chi connectivity index (χ0v) is 16.0. The Bertz CT molecular complexity index is 850. The van der Waals surface area contributed by atoms with Crippen molar-refractivity contribution in [3.05, 3.63) is 45.1 Å². The standard InChI is InChI=1S/C17H17ClN2O5S/c1-4-24-16(22)11-9(3)12(17(23)25-5-2)26-15(11)20-14(21)10-7-6-8-19-13(10)18/h6-8H,4-5H2,1-3H3,(H,20,21). The number of carbonyl (C=O) groups excluding carboxylic acids is 3. The normalized spacial score (nSPS) is 10.3. The summed E-state index contributed by atoms with van der Waals surface area (Å²) >= 11 is 6.88. The molecule has 0 radical (unpaired) electrons. The highest BCUT2D eigenvalue weighted by Gasteiger charge is 2.27. The Morgan fingerprint density at radius 3 is 2.46 bits per heavy atom. The van der Waals surface area contributed by atoms with Gasteiger partial charge in [0.2, 0.25) is 0 Å². The van der Waals surface area contributed by atoms with Gasteiger partial charge >= 0.3 is 11.9 Å². The highest BCUT2D eigenvalue weighted by atomic mass is 35.5. The van der Waals surface area contributed by atoms with Gasteiger partial charge in [0.05, 0.1) is 24.3 Å². The van der Waals surface area contributed by atoms with Crippen molar-refractivity contribution in [1.29, 1.82) is 0 Å². The van der Waals surface area contributed by atoms with Crippen molar-refractivity contribution in [1.82, 2.24) is 4.98 Å². The molecule has 2 rings (SSSR count). The van der Waals surface area contributed by atoms with Crippen LogP contribution in [0.2, 0.25) is 5.15 Å². The summed E-state index contributed by atoms with van der Waals surface area (Å²) in [6, 6.07) is 3.07. The Morgan fingerprint density at radius 2 is 1.85 bits per heavy atom. The number of anilines is 1. The average molecular weight is 397 g/mol. The molecule has 0 unspecified atom stereocenters. The number of rotatable bonds is 6. The lowest BCUT2D eigenvalue weighted by molar-refractivity contribution is 0.0527. The molecule has 0 spiro atoms. The van der Waals surface area contributed by atoms with E-state index in [1.165, 1.54) is 12.3 Å². The fourth-order valence-electron chi connectivity index (χ4n) is 2.17. The third kappa shape index (κ3) is 4.20. The van der Waals surface area contributed by atoms with E-state index in [1.54, 1.807) is 26.8 Å². The molecule has 0 fully saturated rings. The predicted octanol–water partition coefficient (Wildman–Crippen LogP) is 3.71. The van der Waals surface area contributed by atoms with Crippen molar-refractivity contribution in [2.75, 3.05) is 18.5 Å². The van der Waals surface area contributed by atoms with Gasteiger partial charge < -0.3 is 14.8 Å². The van der Waals surface area contributed by atoms with E-state index in [4.69, 9.17) is 21.1 Å². The van der Waals surface area contributed by atoms with Crippen molar-refractivity contribution in [3.8, 4) is 0 Å². The molecule has 1 amide bonds. The molecule has 0 aliphatic rings. The molecular formula is C17H17ClN2O5S. The average Bonchev–Trinajstić information content (AvgIpc) is 2.92. The number of carbonyl (C=O) groups is 3. The summed E-state index contributed by atoms with van der Waals surface area (Å²) in [5, 5.41) is 2.83. The van der Waals surface area contributed by atoms with E-state index in [0.29, 0.717) is 5.56 Å². The van der Waals surface area contributed by atoms with E-state index in [1.807, 2.05) is 0 Å². The van der Waals surface area contributed by atoms with Gasteiger partial charge in [-0.1, -0.05) is 11.6 Å². The molecule has 0 aliphatic carbocycles. The zero-order chi connectivity index (χ0) is 19.3. The second-order valence-corrected chi connectivity index (χ2v) is 6.38. The number of amides is 1. The van der Waals surface area contributed by atoms with E-state index < -0.39 is 17.8 Å². The summed E-state index contributed by atoms with van der Waals surface area (Å²) < 4.78 is 10.0. The van der Waals surface area contributed by atoms with Gasteiger partial charge in [0.15, 0.2) is 0 Å². The van der Waals surface area contributed by atoms with E-state index in [0.717, 1.165) is 11.3 Å². The van der Waals surface area contributed by atoms with Gasteiger partial charge in [-0.3, -0.25) is 4.79 Å². The lowest BCUT2D eigenvalue weighted by atomic mass is 10.1. The van der Waals surface area contributed by atoms with E-state index in [-0.39, 0.29) is 39.4 Å². The van der Waals surface area contributed by atoms with Gasteiger partial charge in [-0.05, 0) is 38.5 Å². The number of thiophene rings is 1. The smallest absolute Gasteiger partial charge is 0.348 e. The maximum atomic E-state index is 12.5. The SMILES string of the molecule is CCOC(=O)c1sc(NC(=O)c2cccnc2Cl)c(C(=O)OCC)c1C. The van der Waals surface area contributed by atoms with Crippen LogP contribution in [0.5, 0.6) is 0 Å². The first-order valence-corrected chi connectivity index (χ1v) is 8.99. The topological polar surface area (TPSA) is 94.6 Å². The molecule has 2 aromatic rings. The van der Waals surface area contributed by atoms with E-state index in [2.05, 4.69) is 10.3 Å². The van der Waals surface area contributed by atoms with Crippen LogP contribution < -0.4 is 5.32 Å². The van der Waals surface area contributed by atoms with E-state index >= 15 is 0 Å². The summed E-state index contributed by atoms with van der Waals surface area (Å²) in [6.45, 7) is 5.30. The van der Waals surface area contributed by atoms with Gasteiger partial charge in [-0.15, -0.1) is 11.3 Å². The van der Waals surface area contributed by atoms with Gasteiger partial charge in [0, 0.05) is 6.20 Å². The largest absolute Gasteiger partial charge is 0.462 e. The van der Waals surface area contributed by atoms with Gasteiger partial charge in [0.1, 0.15) is 15.0 Å². The first-order chi connectivity index (χ1) is 12.4. The first kappa shape index (κ1) is 19.9. The molecule has 2 aromatic heterocycles. The monoisotopic (exact) mass is 396 g/mol. The van der Waals surface area contributed by atoms with Crippen molar-refractivity contribution in [2.24, 2.45) is 0 Å². The zero-order valence-electron chi connectivity index (χ0n) is 14.4. The molecular weight excluding hydrogens is 380 g/mol. The van der Waals surface area contributed by atoms with Gasteiger partial charge in [-0.2, -0.15) is 0 Å². The van der Waals surface area contributed by atoms with Crippen LogP contribution in [-0.2, 0) is 9.47 Å². The number of halogens is 1. The number of ether oxygens (including phenoxy) is 2. The number of pyridine rings is 1. The van der Waals surface area contributed by atoms with Crippen LogP contribution in [0, 0.1) is 6.92 Å². The molecule has 138 valence electrons. The van der Waals surface area contributed by atoms with Crippen molar-refractivity contribution < 1.29 is 23.9 Å². The lowest BCUT2D eigenvalue weighted by Gasteiger charge is -2.07. The highest BCUT2D eigenvalue weighted by molar-refractivity contribution is 7.18. The second kappa shape index (κ2) is 8.77. The second-order valence-electron chi connectivity index (χ2n) is 5.00. The van der Waals surface area contributed by atoms with Crippen molar-refractivity contribution in [2.45, 2.75) is 20.8 Å². The van der Waals surface area contributed by atoms with Crippen LogP contribution in [0.4, 0.5) is 5.00 Å². The maximum absolute atomic E-state index is 12.5. The van der Waals surface area contributed by atoms with Crippen LogP contribution in [0.1, 0.15) is 49.8 Å². The van der Waals surface area contributed by atoms with Crippen LogP contribution in [-0.4, -0.2) is 36.0 Å². The summed E-state index contributed by atoms with van der Waals surface area (Å²) in [6.07, 6.45) is 1.46. The maximum Gasteiger partial charge on any atom is 0.348 e. The molecule has 0 saturated carbocycles. The van der Waals surface area contributed by atoms with Crippen molar-refractivity contribution in [3.63, 3.8) is 0 Å². The fourth-order valence-corrected chi connectivity index (χ4v) is 3.46. The summed E-state index contributed by atoms with van der Waals surface area (Å²) in [4.78, 5) is 41.0. The Balaban J connectivity index is 2.44. The number of nitrogens with zero attached hydrogens (tertiary/aromatic N) is 1. The Kier molecular flexibility index (Phi) is 6.70. The van der Waals surface area contributed by atoms with Gasteiger partial charge in [-0.25, -0.2) is 14.6 Å². The predicted molar refractivity (Wildman–Crippen MR) is 98.2 cm³/mol. The lowest BCUT2D eigenvalue weighted by Crippen LogP contribution is -2.15. The minimum atomic E-state index is -0.635. The molecule has 0 atom stereocenters. The van der Waals surface area contributed by atoms with Crippen molar-refractivity contribution >= 4 is 45.8 Å². The number of hydrogen-bond acceptors (Lipinski definition) is 7. The number of esters is 2. The number of hydrogen-bond donors (Lipinski definition) is 1. The molecule has 0 aromatic carbocycles. The highest BCUT2D eigenvalue weighted by Crippen LogP contribution is 2.34. The summed E-state index contributed by atoms with van der Waals surface area (Å²) in [5.41, 5.74) is 0.653. The molecule has 2 heterocycles. The van der Waals surface area contributed by atoms with E-state index in [9.17, 15) is 14.4 Å². The molecule has 7 nitrogen and oxygen atoms in total. The van der Waals surface area contributed by atoms with Gasteiger partial charge in [0.25, 0.3) is 5.91 Å². The van der Waals surface area contributed by atoms with Crippen LogP contribution in [0.15, 0.2) is 18.3 Å². The third-order valence-electron chi connectivity index (χ3n) is 3.32. The Labute approximate surface area is 159 Å². The van der Waals surface area contributed by atoms with Crippen LogP contribution in [0.25, 0.3) is 0 Å². The molecule has 1 N–H and O–H groups in total. The molecule has 0 saturated heterocycles. The molecule has 0 aliphatic heterocycles. The number of aromatic nitrogens is 1. The number of nitrogens with one attached hydrogen (secondary N) is 1. The third-order valence-corrected chi connectivity index (χ3v) is 4.81. The Hall–Kier alpha value is -2.45. The van der Waals surface area contributed by atoms with Crippen LogP contribution >= 0.6 is 22.9 Å². The minimum absolute atomic E-state index is 0.0292. The summed E-state index contributed by atoms with van der Waals surface area (Å²) in [7, 11) is 0. The molecule has 0 bridgehead atoms. The fraction of sp³-hybridized carbons (Fsp3) is 0.294. The summed E-state index contributed by atoms with van der Waals surface area (Å²) in [5.74, 6) is -1.75. The molecule has 9 heteroatoms. The Morgan fingerprint density at radius 1 is 1.19 bits per heavy atom.